The van der Waals surface area contributed by atoms with Crippen LogP contribution in [0.2, 0.25) is 0 Å². The summed E-state index contributed by atoms with van der Waals surface area (Å²) in [6, 6.07) is 11.5. The molecule has 0 saturated heterocycles. The van der Waals surface area contributed by atoms with E-state index in [0.717, 1.165) is 17.7 Å². The third-order valence-corrected chi connectivity index (χ3v) is 4.42. The Balaban J connectivity index is 1.72. The largest absolute Gasteiger partial charge is 0.436 e. The summed E-state index contributed by atoms with van der Waals surface area (Å²) in [5.74, 6) is -0.164. The van der Waals surface area contributed by atoms with Crippen molar-refractivity contribution >= 4 is 11.6 Å². The van der Waals surface area contributed by atoms with Gasteiger partial charge < -0.3 is 10.1 Å². The smallest absolute Gasteiger partial charge is 0.416 e. The number of imidazole rings is 1. The fraction of sp³-hybridized carbons (Fsp3) is 0.0952. The number of amides is 1. The van der Waals surface area contributed by atoms with E-state index in [-0.39, 0.29) is 17.5 Å². The number of alkyl halides is 3. The summed E-state index contributed by atoms with van der Waals surface area (Å²) in [4.78, 5) is 20.3. The number of nitrogens with zero attached hydrogens (tertiary/aromatic N) is 3. The van der Waals surface area contributed by atoms with Crippen LogP contribution in [0, 0.1) is 0 Å². The molecule has 9 heteroatoms. The summed E-state index contributed by atoms with van der Waals surface area (Å²) in [5, 5.41) is 2.57. The third-order valence-electron chi connectivity index (χ3n) is 4.42. The SMILES string of the molecule is CNC(=O)c1cccc(-c2cnc3c(Oc4cccc(C(F)(F)F)c4)nccn23)c1. The number of hydrogen-bond acceptors (Lipinski definition) is 4. The third kappa shape index (κ3) is 3.69. The summed E-state index contributed by atoms with van der Waals surface area (Å²) in [6.07, 6.45) is 0.223. The van der Waals surface area contributed by atoms with Gasteiger partial charge in [0, 0.05) is 30.6 Å². The predicted molar refractivity (Wildman–Crippen MR) is 103 cm³/mol. The van der Waals surface area contributed by atoms with E-state index in [2.05, 4.69) is 15.3 Å². The second-order valence-corrected chi connectivity index (χ2v) is 6.36. The van der Waals surface area contributed by atoms with Crippen LogP contribution in [-0.2, 0) is 6.18 Å². The molecule has 0 saturated carbocycles. The molecular weight excluding hydrogens is 397 g/mol. The van der Waals surface area contributed by atoms with Crippen LogP contribution in [0.25, 0.3) is 16.9 Å². The standard InChI is InChI=1S/C21H15F3N4O2/c1-25-19(29)14-5-2-4-13(10-14)17-12-27-18-20(26-8-9-28(17)18)30-16-7-3-6-15(11-16)21(22,23)24/h2-12H,1H3,(H,25,29). The summed E-state index contributed by atoms with van der Waals surface area (Å²) in [5.41, 5.74) is 1.41. The molecule has 0 atom stereocenters. The summed E-state index contributed by atoms with van der Waals surface area (Å²) >= 11 is 0. The highest BCUT2D eigenvalue weighted by atomic mass is 19.4. The molecule has 0 radical (unpaired) electrons. The van der Waals surface area contributed by atoms with E-state index in [1.165, 1.54) is 18.3 Å². The normalized spacial score (nSPS) is 11.5. The molecule has 30 heavy (non-hydrogen) atoms. The molecule has 0 aliphatic heterocycles. The molecule has 0 spiro atoms. The quantitative estimate of drug-likeness (QED) is 0.533. The fourth-order valence-corrected chi connectivity index (χ4v) is 2.99. The topological polar surface area (TPSA) is 68.5 Å². The zero-order chi connectivity index (χ0) is 21.3. The zero-order valence-electron chi connectivity index (χ0n) is 15.6. The molecule has 4 rings (SSSR count). The highest BCUT2D eigenvalue weighted by Crippen LogP contribution is 2.33. The Kier molecular flexibility index (Phi) is 4.86. The monoisotopic (exact) mass is 412 g/mol. The van der Waals surface area contributed by atoms with Gasteiger partial charge in [-0.05, 0) is 30.3 Å². The predicted octanol–water partition coefficient (Wildman–Crippen LogP) is 4.57. The van der Waals surface area contributed by atoms with Gasteiger partial charge in [-0.2, -0.15) is 13.2 Å². The molecule has 6 nitrogen and oxygen atoms in total. The van der Waals surface area contributed by atoms with Gasteiger partial charge in [-0.1, -0.05) is 18.2 Å². The van der Waals surface area contributed by atoms with Crippen LogP contribution in [0.15, 0.2) is 67.1 Å². The Morgan fingerprint density at radius 2 is 1.90 bits per heavy atom. The minimum absolute atomic E-state index is 0.00316. The van der Waals surface area contributed by atoms with E-state index in [1.807, 2.05) is 6.07 Å². The number of fused-ring (bicyclic) bond motifs is 1. The fourth-order valence-electron chi connectivity index (χ4n) is 2.99. The van der Waals surface area contributed by atoms with E-state index in [4.69, 9.17) is 4.74 Å². The number of benzene rings is 2. The van der Waals surface area contributed by atoms with Gasteiger partial charge in [0.05, 0.1) is 17.5 Å². The second kappa shape index (κ2) is 7.51. The van der Waals surface area contributed by atoms with E-state index >= 15 is 0 Å². The Labute approximate surface area is 169 Å². The van der Waals surface area contributed by atoms with Gasteiger partial charge in [0.2, 0.25) is 5.65 Å². The van der Waals surface area contributed by atoms with Crippen molar-refractivity contribution in [1.82, 2.24) is 19.7 Å². The van der Waals surface area contributed by atoms with Crippen LogP contribution in [0.3, 0.4) is 0 Å². The summed E-state index contributed by atoms with van der Waals surface area (Å²) in [7, 11) is 1.55. The molecule has 2 heterocycles. The van der Waals surface area contributed by atoms with Gasteiger partial charge in [0.15, 0.2) is 0 Å². The molecule has 4 aromatic rings. The molecule has 2 aromatic heterocycles. The van der Waals surface area contributed by atoms with Gasteiger partial charge in [-0.25, -0.2) is 9.97 Å². The number of nitrogens with one attached hydrogen (secondary N) is 1. The maximum absolute atomic E-state index is 12.9. The lowest BCUT2D eigenvalue weighted by atomic mass is 10.1. The zero-order valence-corrected chi connectivity index (χ0v) is 15.6. The maximum Gasteiger partial charge on any atom is 0.416 e. The Morgan fingerprint density at radius 3 is 2.67 bits per heavy atom. The summed E-state index contributed by atoms with van der Waals surface area (Å²) in [6.45, 7) is 0. The number of halogens is 3. The van der Waals surface area contributed by atoms with E-state index < -0.39 is 11.7 Å². The van der Waals surface area contributed by atoms with Crippen molar-refractivity contribution in [3.63, 3.8) is 0 Å². The van der Waals surface area contributed by atoms with Gasteiger partial charge in [0.25, 0.3) is 11.8 Å². The van der Waals surface area contributed by atoms with Crippen LogP contribution in [0.4, 0.5) is 13.2 Å². The number of hydrogen-bond donors (Lipinski definition) is 1. The minimum atomic E-state index is -4.48. The minimum Gasteiger partial charge on any atom is -0.436 e. The van der Waals surface area contributed by atoms with Crippen molar-refractivity contribution < 1.29 is 22.7 Å². The number of carbonyl (C=O) groups is 1. The van der Waals surface area contributed by atoms with Crippen LogP contribution in [0.5, 0.6) is 11.6 Å². The van der Waals surface area contributed by atoms with E-state index in [1.54, 1.807) is 42.0 Å². The Morgan fingerprint density at radius 1 is 1.10 bits per heavy atom. The Bertz CT molecular complexity index is 1230. The van der Waals surface area contributed by atoms with Gasteiger partial charge >= 0.3 is 6.18 Å². The first-order chi connectivity index (χ1) is 14.4. The van der Waals surface area contributed by atoms with Crippen LogP contribution >= 0.6 is 0 Å². The van der Waals surface area contributed by atoms with Gasteiger partial charge in [-0.15, -0.1) is 0 Å². The average Bonchev–Trinajstić information content (AvgIpc) is 3.18. The molecule has 1 N–H and O–H groups in total. The molecule has 0 aliphatic rings. The van der Waals surface area contributed by atoms with Crippen molar-refractivity contribution in [2.75, 3.05) is 7.05 Å². The number of aromatic nitrogens is 3. The van der Waals surface area contributed by atoms with Crippen molar-refractivity contribution in [3.8, 4) is 22.9 Å². The molecule has 0 unspecified atom stereocenters. The van der Waals surface area contributed by atoms with Crippen molar-refractivity contribution in [3.05, 3.63) is 78.2 Å². The number of ether oxygens (including phenoxy) is 1. The van der Waals surface area contributed by atoms with E-state index in [0.29, 0.717) is 16.9 Å². The molecule has 0 aliphatic carbocycles. The Hall–Kier alpha value is -3.88. The molecule has 0 fully saturated rings. The lowest BCUT2D eigenvalue weighted by Gasteiger charge is -2.10. The lowest BCUT2D eigenvalue weighted by Crippen LogP contribution is -2.17. The second-order valence-electron chi connectivity index (χ2n) is 6.36. The van der Waals surface area contributed by atoms with Crippen LogP contribution in [0.1, 0.15) is 15.9 Å². The first-order valence-electron chi connectivity index (χ1n) is 8.86. The first kappa shape index (κ1) is 19.4. The summed E-state index contributed by atoms with van der Waals surface area (Å²) < 4.78 is 46.1. The molecule has 152 valence electrons. The first-order valence-corrected chi connectivity index (χ1v) is 8.86. The molecule has 0 bridgehead atoms. The average molecular weight is 412 g/mol. The number of rotatable bonds is 4. The van der Waals surface area contributed by atoms with Gasteiger partial charge in [-0.3, -0.25) is 9.20 Å². The van der Waals surface area contributed by atoms with E-state index in [9.17, 15) is 18.0 Å². The van der Waals surface area contributed by atoms with Crippen molar-refractivity contribution in [2.45, 2.75) is 6.18 Å². The highest BCUT2D eigenvalue weighted by molar-refractivity contribution is 5.95. The molecule has 2 aromatic carbocycles. The highest BCUT2D eigenvalue weighted by Gasteiger charge is 2.30. The number of carbonyl (C=O) groups excluding carboxylic acids is 1. The van der Waals surface area contributed by atoms with Crippen LogP contribution in [-0.4, -0.2) is 27.3 Å². The van der Waals surface area contributed by atoms with Crippen LogP contribution < -0.4 is 10.1 Å². The molecular formula is C21H15F3N4O2. The maximum atomic E-state index is 12.9. The van der Waals surface area contributed by atoms with Crippen molar-refractivity contribution in [1.29, 1.82) is 0 Å². The van der Waals surface area contributed by atoms with Crippen molar-refractivity contribution in [2.24, 2.45) is 0 Å². The van der Waals surface area contributed by atoms with Gasteiger partial charge in [0.1, 0.15) is 5.75 Å². The molecule has 1 amide bonds. The lowest BCUT2D eigenvalue weighted by molar-refractivity contribution is -0.137.